The van der Waals surface area contributed by atoms with Gasteiger partial charge in [-0.05, 0) is 42.3 Å². The summed E-state index contributed by atoms with van der Waals surface area (Å²) in [5, 5.41) is 0.422. The molecule has 31 heavy (non-hydrogen) atoms. The molecule has 0 bridgehead atoms. The van der Waals surface area contributed by atoms with Crippen molar-refractivity contribution in [3.63, 3.8) is 0 Å². The van der Waals surface area contributed by atoms with Crippen LogP contribution < -0.4 is 19.6 Å². The van der Waals surface area contributed by atoms with E-state index in [-0.39, 0.29) is 11.2 Å². The van der Waals surface area contributed by atoms with E-state index in [4.69, 9.17) is 18.6 Å². The third-order valence-electron chi connectivity index (χ3n) is 4.87. The highest BCUT2D eigenvalue weighted by molar-refractivity contribution is 5.79. The van der Waals surface area contributed by atoms with E-state index in [0.717, 1.165) is 11.1 Å². The Morgan fingerprint density at radius 2 is 1.74 bits per heavy atom. The minimum absolute atomic E-state index is 0.150. The molecule has 3 aromatic carbocycles. The van der Waals surface area contributed by atoms with E-state index >= 15 is 0 Å². The van der Waals surface area contributed by atoms with Gasteiger partial charge in [-0.15, -0.1) is 0 Å². The Balaban J connectivity index is 1.58. The second kappa shape index (κ2) is 8.79. The van der Waals surface area contributed by atoms with Gasteiger partial charge in [-0.25, -0.2) is 0 Å². The van der Waals surface area contributed by atoms with Gasteiger partial charge < -0.3 is 18.6 Å². The molecule has 4 rings (SSSR count). The molecule has 0 atom stereocenters. The van der Waals surface area contributed by atoms with Crippen molar-refractivity contribution in [1.29, 1.82) is 0 Å². The molecule has 5 nitrogen and oxygen atoms in total. The number of fused-ring (bicyclic) bond motifs is 1. The smallest absolute Gasteiger partial charge is 0.235 e. The fourth-order valence-corrected chi connectivity index (χ4v) is 3.18. The van der Waals surface area contributed by atoms with Crippen LogP contribution in [0.4, 0.5) is 0 Å². The lowest BCUT2D eigenvalue weighted by atomic mass is 10.1. The fraction of sp³-hybridized carbons (Fsp3) is 0.115. The lowest BCUT2D eigenvalue weighted by molar-refractivity contribution is 0.306. The van der Waals surface area contributed by atoms with Crippen LogP contribution in [0.15, 0.2) is 82.5 Å². The summed E-state index contributed by atoms with van der Waals surface area (Å²) in [4.78, 5) is 13.0. The summed E-state index contributed by atoms with van der Waals surface area (Å²) in [6, 6.07) is 20.2. The largest absolute Gasteiger partial charge is 0.497 e. The van der Waals surface area contributed by atoms with E-state index in [2.05, 4.69) is 6.58 Å². The highest BCUT2D eigenvalue weighted by atomic mass is 16.5. The molecule has 0 radical (unpaired) electrons. The van der Waals surface area contributed by atoms with E-state index in [1.54, 1.807) is 62.6 Å². The van der Waals surface area contributed by atoms with Crippen molar-refractivity contribution in [2.45, 2.75) is 13.5 Å². The molecule has 0 N–H and O–H groups in total. The molecule has 0 amide bonds. The topological polar surface area (TPSA) is 57.9 Å². The van der Waals surface area contributed by atoms with Gasteiger partial charge in [0.2, 0.25) is 11.2 Å². The summed E-state index contributed by atoms with van der Waals surface area (Å²) in [6.07, 6.45) is 1.80. The Morgan fingerprint density at radius 1 is 0.968 bits per heavy atom. The summed E-state index contributed by atoms with van der Waals surface area (Å²) in [5.74, 6) is 2.29. The molecule has 0 aliphatic rings. The third-order valence-corrected chi connectivity index (χ3v) is 4.87. The predicted molar refractivity (Wildman–Crippen MR) is 121 cm³/mol. The van der Waals surface area contributed by atoms with Crippen molar-refractivity contribution in [2.24, 2.45) is 0 Å². The van der Waals surface area contributed by atoms with Crippen LogP contribution in [0, 0.1) is 6.92 Å². The lowest BCUT2D eigenvalue weighted by Gasteiger charge is -2.11. The minimum Gasteiger partial charge on any atom is -0.497 e. The van der Waals surface area contributed by atoms with Gasteiger partial charge in [-0.2, -0.15) is 0 Å². The first-order valence-electron chi connectivity index (χ1n) is 9.81. The lowest BCUT2D eigenvalue weighted by Crippen LogP contribution is -2.07. The van der Waals surface area contributed by atoms with Gasteiger partial charge in [0, 0.05) is 12.1 Å². The molecule has 0 aliphatic carbocycles. The number of benzene rings is 3. The average molecular weight is 414 g/mol. The maximum Gasteiger partial charge on any atom is 0.235 e. The van der Waals surface area contributed by atoms with Gasteiger partial charge in [-0.1, -0.05) is 43.0 Å². The van der Waals surface area contributed by atoms with Crippen molar-refractivity contribution < 1.29 is 18.6 Å². The number of methoxy groups -OCH3 is 1. The molecule has 4 aromatic rings. The number of hydrogen-bond acceptors (Lipinski definition) is 5. The highest BCUT2D eigenvalue weighted by Crippen LogP contribution is 2.29. The summed E-state index contributed by atoms with van der Waals surface area (Å²) in [7, 11) is 1.57. The number of aryl methyl sites for hydroxylation is 1. The van der Waals surface area contributed by atoms with Crippen LogP contribution in [-0.2, 0) is 6.61 Å². The first-order valence-corrected chi connectivity index (χ1v) is 9.81. The second-order valence-electron chi connectivity index (χ2n) is 6.99. The monoisotopic (exact) mass is 414 g/mol. The Bertz CT molecular complexity index is 1290. The number of rotatable bonds is 7. The first-order chi connectivity index (χ1) is 15.1. The molecule has 0 spiro atoms. The van der Waals surface area contributed by atoms with Gasteiger partial charge in [0.25, 0.3) is 0 Å². The van der Waals surface area contributed by atoms with Crippen LogP contribution in [0.25, 0.3) is 17.0 Å². The molecular formula is C26H22O5. The van der Waals surface area contributed by atoms with E-state index < -0.39 is 0 Å². The Morgan fingerprint density at radius 3 is 2.48 bits per heavy atom. The van der Waals surface area contributed by atoms with Crippen molar-refractivity contribution >= 4 is 17.0 Å². The van der Waals surface area contributed by atoms with Crippen molar-refractivity contribution in [3.8, 4) is 23.0 Å². The summed E-state index contributed by atoms with van der Waals surface area (Å²) >= 11 is 0. The highest BCUT2D eigenvalue weighted by Gasteiger charge is 2.15. The molecule has 0 unspecified atom stereocenters. The summed E-state index contributed by atoms with van der Waals surface area (Å²) in [5.41, 5.74) is 2.29. The quantitative estimate of drug-likeness (QED) is 0.364. The molecule has 0 aliphatic heterocycles. The zero-order chi connectivity index (χ0) is 21.8. The number of hydrogen-bond donors (Lipinski definition) is 0. The molecular weight excluding hydrogens is 392 g/mol. The SMILES string of the molecule is C=Cc1ccc(COc2ccc3c(=O)c(Oc4cccc(OC)c4)c(C)oc3c2)cc1. The van der Waals surface area contributed by atoms with Crippen molar-refractivity contribution in [1.82, 2.24) is 0 Å². The Hall–Kier alpha value is -3.99. The van der Waals surface area contributed by atoms with Crippen LogP contribution in [0.5, 0.6) is 23.0 Å². The second-order valence-corrected chi connectivity index (χ2v) is 6.99. The zero-order valence-electron chi connectivity index (χ0n) is 17.4. The maximum atomic E-state index is 13.0. The maximum absolute atomic E-state index is 13.0. The molecule has 0 saturated heterocycles. The van der Waals surface area contributed by atoms with E-state index in [0.29, 0.717) is 40.6 Å². The molecule has 1 heterocycles. The summed E-state index contributed by atoms with van der Waals surface area (Å²) in [6.45, 7) is 5.86. The Kier molecular flexibility index (Phi) is 5.76. The van der Waals surface area contributed by atoms with Crippen molar-refractivity contribution in [3.05, 3.63) is 100 Å². The van der Waals surface area contributed by atoms with E-state index in [1.165, 1.54) is 0 Å². The van der Waals surface area contributed by atoms with Crippen LogP contribution in [0.2, 0.25) is 0 Å². The Labute approximate surface area is 180 Å². The van der Waals surface area contributed by atoms with Gasteiger partial charge in [0.1, 0.15) is 35.2 Å². The van der Waals surface area contributed by atoms with Gasteiger partial charge >= 0.3 is 0 Å². The van der Waals surface area contributed by atoms with E-state index in [9.17, 15) is 4.79 Å². The first kappa shape index (κ1) is 20.3. The average Bonchev–Trinajstić information content (AvgIpc) is 2.80. The molecule has 156 valence electrons. The molecule has 0 fully saturated rings. The minimum atomic E-state index is -0.242. The van der Waals surface area contributed by atoms with Crippen LogP contribution >= 0.6 is 0 Å². The standard InChI is InChI=1S/C26H22O5/c1-4-18-8-10-19(11-9-18)16-29-21-12-13-23-24(15-21)30-17(2)26(25(23)27)31-22-7-5-6-20(14-22)28-3/h4-15H,1,16H2,2-3H3. The van der Waals surface area contributed by atoms with Gasteiger partial charge in [-0.3, -0.25) is 4.79 Å². The third kappa shape index (κ3) is 4.46. The van der Waals surface area contributed by atoms with E-state index in [1.807, 2.05) is 24.3 Å². The summed E-state index contributed by atoms with van der Waals surface area (Å²) < 4.78 is 22.8. The van der Waals surface area contributed by atoms with Crippen LogP contribution in [0.1, 0.15) is 16.9 Å². The fourth-order valence-electron chi connectivity index (χ4n) is 3.18. The van der Waals surface area contributed by atoms with Crippen molar-refractivity contribution in [2.75, 3.05) is 7.11 Å². The zero-order valence-corrected chi connectivity index (χ0v) is 17.4. The molecule has 1 aromatic heterocycles. The van der Waals surface area contributed by atoms with Gasteiger partial charge in [0.05, 0.1) is 12.5 Å². The van der Waals surface area contributed by atoms with Crippen LogP contribution in [-0.4, -0.2) is 7.11 Å². The predicted octanol–water partition coefficient (Wildman–Crippen LogP) is 6.12. The molecule has 5 heteroatoms. The van der Waals surface area contributed by atoms with Crippen LogP contribution in [0.3, 0.4) is 0 Å². The molecule has 0 saturated carbocycles. The normalized spacial score (nSPS) is 10.6. The number of ether oxygens (including phenoxy) is 3. The van der Waals surface area contributed by atoms with Gasteiger partial charge in [0.15, 0.2) is 0 Å².